The normalized spacial score (nSPS) is 22.6. The van der Waals surface area contributed by atoms with Gasteiger partial charge in [0.1, 0.15) is 11.9 Å². The van der Waals surface area contributed by atoms with Gasteiger partial charge in [-0.25, -0.2) is 12.8 Å². The molecule has 4 N–H and O–H groups in total. The number of aliphatic hydroxyl groups is 1. The molecule has 1 heterocycles. The second-order valence-corrected chi connectivity index (χ2v) is 18.0. The largest absolute Gasteiger partial charge is 0.390 e. The van der Waals surface area contributed by atoms with Crippen LogP contribution in [0.3, 0.4) is 0 Å². The van der Waals surface area contributed by atoms with Gasteiger partial charge in [-0.2, -0.15) is 0 Å². The van der Waals surface area contributed by atoms with Crippen molar-refractivity contribution in [2.75, 3.05) is 19.3 Å². The number of likely N-dealkylation sites (tertiary alicyclic amines) is 1. The molecule has 1 aliphatic carbocycles. The maximum atomic E-state index is 14.5. The predicted molar refractivity (Wildman–Crippen MR) is 187 cm³/mol. The van der Waals surface area contributed by atoms with Gasteiger partial charge in [-0.15, -0.1) is 0 Å². The zero-order valence-corrected chi connectivity index (χ0v) is 30.2. The Morgan fingerprint density at radius 3 is 2.23 bits per heavy atom. The molecule has 11 heteroatoms. The van der Waals surface area contributed by atoms with Crippen molar-refractivity contribution >= 4 is 21.7 Å². The van der Waals surface area contributed by atoms with Crippen LogP contribution in [0.4, 0.5) is 4.39 Å². The molecule has 2 amide bonds. The van der Waals surface area contributed by atoms with Crippen molar-refractivity contribution in [2.45, 2.75) is 114 Å². The number of aliphatic hydroxyl groups excluding tert-OH is 1. The smallest absolute Gasteiger partial charge is 0.239 e. The molecule has 9 nitrogen and oxygen atoms in total. The van der Waals surface area contributed by atoms with E-state index in [9.17, 15) is 27.5 Å². The van der Waals surface area contributed by atoms with E-state index in [0.29, 0.717) is 23.9 Å². The summed E-state index contributed by atoms with van der Waals surface area (Å²) in [4.78, 5) is 29.8. The van der Waals surface area contributed by atoms with Crippen molar-refractivity contribution in [3.63, 3.8) is 0 Å². The van der Waals surface area contributed by atoms with E-state index in [1.807, 2.05) is 51.1 Å². The molecule has 1 saturated heterocycles. The van der Waals surface area contributed by atoms with Gasteiger partial charge >= 0.3 is 0 Å². The Morgan fingerprint density at radius 2 is 1.60 bits per heavy atom. The van der Waals surface area contributed by atoms with Gasteiger partial charge in [0, 0.05) is 37.0 Å². The van der Waals surface area contributed by atoms with Crippen LogP contribution in [-0.2, 0) is 32.4 Å². The monoisotopic (exact) mass is 686 g/mol. The molecule has 0 spiro atoms. The lowest BCUT2D eigenvalue weighted by molar-refractivity contribution is -0.133. The van der Waals surface area contributed by atoms with Crippen molar-refractivity contribution in [1.82, 2.24) is 20.9 Å². The summed E-state index contributed by atoms with van der Waals surface area (Å²) in [6.45, 7) is 9.57. The maximum absolute atomic E-state index is 14.5. The van der Waals surface area contributed by atoms with Crippen molar-refractivity contribution in [3.05, 3.63) is 71.5 Å². The average molecular weight is 687 g/mol. The highest BCUT2D eigenvalue weighted by Crippen LogP contribution is 2.39. The minimum atomic E-state index is -3.77. The lowest BCUT2D eigenvalue weighted by atomic mass is 9.72. The van der Waals surface area contributed by atoms with E-state index in [1.165, 1.54) is 26.3 Å². The van der Waals surface area contributed by atoms with E-state index < -0.39 is 56.1 Å². The first-order valence-electron chi connectivity index (χ1n) is 17.2. The number of β-amino-alcohol motifs (C(OH)–C–C–N with tert-alkyl or cyclic N) is 1. The first-order valence-corrected chi connectivity index (χ1v) is 19.1. The van der Waals surface area contributed by atoms with Gasteiger partial charge in [0.15, 0.2) is 9.84 Å². The molecule has 266 valence electrons. The molecule has 2 aliphatic rings. The number of carbonyl (C=O) groups excluding carboxylic acids is 2. The summed E-state index contributed by atoms with van der Waals surface area (Å²) < 4.78 is 38.9. The van der Waals surface area contributed by atoms with Gasteiger partial charge in [-0.3, -0.25) is 14.5 Å². The molecule has 6 atom stereocenters. The summed E-state index contributed by atoms with van der Waals surface area (Å²) in [5.74, 6) is -0.244. The molecule has 4 rings (SSSR count). The van der Waals surface area contributed by atoms with E-state index in [4.69, 9.17) is 0 Å². The summed E-state index contributed by atoms with van der Waals surface area (Å²) in [5, 5.41) is 21.1. The fraction of sp³-hybridized carbons (Fsp3) is 0.622. The van der Waals surface area contributed by atoms with E-state index in [2.05, 4.69) is 20.9 Å². The lowest BCUT2D eigenvalue weighted by Crippen LogP contribution is -2.63. The van der Waals surface area contributed by atoms with Crippen molar-refractivity contribution < 1.29 is 27.5 Å². The predicted octanol–water partition coefficient (Wildman–Crippen LogP) is 3.99. The van der Waals surface area contributed by atoms with Crippen molar-refractivity contribution in [3.8, 4) is 0 Å². The summed E-state index contributed by atoms with van der Waals surface area (Å²) in [7, 11) is -3.77. The number of piperidine rings is 1. The van der Waals surface area contributed by atoms with E-state index in [-0.39, 0.29) is 25.4 Å². The molecule has 0 unspecified atom stereocenters. The number of sulfone groups is 1. The molecule has 1 saturated carbocycles. The average Bonchev–Trinajstić information content (AvgIpc) is 3.00. The minimum absolute atomic E-state index is 0.0605. The Hall–Kier alpha value is -2.86. The Kier molecular flexibility index (Phi) is 12.5. The molecule has 48 heavy (non-hydrogen) atoms. The highest BCUT2D eigenvalue weighted by molar-refractivity contribution is 7.92. The van der Waals surface area contributed by atoms with Crippen LogP contribution in [0, 0.1) is 17.7 Å². The van der Waals surface area contributed by atoms with Crippen LogP contribution in [0.25, 0.3) is 0 Å². The van der Waals surface area contributed by atoms with Crippen LogP contribution >= 0.6 is 0 Å². The van der Waals surface area contributed by atoms with Gasteiger partial charge in [-0.05, 0) is 77.3 Å². The van der Waals surface area contributed by atoms with Gasteiger partial charge in [0.2, 0.25) is 11.8 Å². The van der Waals surface area contributed by atoms with Crippen LogP contribution in [-0.4, -0.2) is 84.1 Å². The van der Waals surface area contributed by atoms with Crippen molar-refractivity contribution in [1.29, 1.82) is 0 Å². The zero-order chi connectivity index (χ0) is 35.3. The molecule has 0 aromatic heterocycles. The summed E-state index contributed by atoms with van der Waals surface area (Å²) >= 11 is 0. The Bertz CT molecular complexity index is 1500. The first-order chi connectivity index (χ1) is 22.5. The van der Waals surface area contributed by atoms with Crippen LogP contribution < -0.4 is 16.0 Å². The molecule has 0 bridgehead atoms. The van der Waals surface area contributed by atoms with Crippen LogP contribution in [0.15, 0.2) is 54.6 Å². The number of fused-ring (bicyclic) bond motifs is 1. The fourth-order valence-corrected chi connectivity index (χ4v) is 7.75. The number of rotatable bonds is 13. The topological polar surface area (TPSA) is 128 Å². The number of nitrogens with one attached hydrogen (secondary N) is 3. The third-order valence-corrected chi connectivity index (χ3v) is 12.3. The Morgan fingerprint density at radius 1 is 0.979 bits per heavy atom. The maximum Gasteiger partial charge on any atom is 0.239 e. The first kappa shape index (κ1) is 38.0. The second-order valence-electron chi connectivity index (χ2n) is 15.4. The second kappa shape index (κ2) is 15.8. The number of halogens is 1. The number of hydrogen-bond acceptors (Lipinski definition) is 7. The third kappa shape index (κ3) is 9.86. The number of carbonyl (C=O) groups is 2. The molecular weight excluding hydrogens is 631 g/mol. The van der Waals surface area contributed by atoms with Crippen molar-refractivity contribution in [2.24, 2.45) is 11.8 Å². The standard InChI is InChI=1S/C37H55FN4O5S/c1-36(2,3)41-34(44)31-21-26-16-10-11-18-28(26)23-42(31)24-32(43)30(20-25-14-8-7-9-15-25)40-35(45)33(37(4,5)48(6,46)47)39-22-27-17-12-13-19-29(27)38/h7-9,12-15,17,19,26,28,30-33,39,43H,10-11,16,18,20-24H2,1-6H3,(H,40,45)(H,41,44)/t26-,28+,30-,31-,32+,33+/m0/s1. The number of benzene rings is 2. The van der Waals surface area contributed by atoms with Gasteiger partial charge in [-0.1, -0.05) is 67.8 Å². The summed E-state index contributed by atoms with van der Waals surface area (Å²) in [5.41, 5.74) is 0.769. The molecular formula is C37H55FN4O5S. The third-order valence-electron chi connectivity index (χ3n) is 10.2. The summed E-state index contributed by atoms with van der Waals surface area (Å²) in [6.07, 6.45) is 5.51. The number of nitrogens with zero attached hydrogens (tertiary/aromatic N) is 1. The van der Waals surface area contributed by atoms with Crippen LogP contribution in [0.5, 0.6) is 0 Å². The highest BCUT2D eigenvalue weighted by Gasteiger charge is 2.45. The molecule has 2 aromatic carbocycles. The van der Waals surface area contributed by atoms with Crippen LogP contribution in [0.2, 0.25) is 0 Å². The SMILES string of the molecule is CC(C)(C)NC(=O)[C@@H]1C[C@@H]2CCCC[C@@H]2CN1C[C@@H](O)[C@H](Cc1ccccc1)NC(=O)[C@@H](NCc1ccccc1F)C(C)(C)S(C)(=O)=O. The fourth-order valence-electron chi connectivity index (χ4n) is 7.13. The summed E-state index contributed by atoms with van der Waals surface area (Å²) in [6, 6.07) is 13.1. The molecule has 0 radical (unpaired) electrons. The van der Waals surface area contributed by atoms with Gasteiger partial charge < -0.3 is 21.1 Å². The molecule has 2 fully saturated rings. The zero-order valence-electron chi connectivity index (χ0n) is 29.3. The lowest BCUT2D eigenvalue weighted by Gasteiger charge is -2.47. The Labute approximate surface area is 286 Å². The van der Waals surface area contributed by atoms with Crippen LogP contribution in [0.1, 0.15) is 77.8 Å². The van der Waals surface area contributed by atoms with E-state index in [1.54, 1.807) is 18.2 Å². The van der Waals surface area contributed by atoms with E-state index in [0.717, 1.165) is 37.5 Å². The molecule has 2 aromatic rings. The van der Waals surface area contributed by atoms with Gasteiger partial charge in [0.25, 0.3) is 0 Å². The highest BCUT2D eigenvalue weighted by atomic mass is 32.2. The number of amides is 2. The van der Waals surface area contributed by atoms with E-state index >= 15 is 0 Å². The quantitative estimate of drug-likeness (QED) is 0.251. The number of hydrogen-bond donors (Lipinski definition) is 4. The molecule has 1 aliphatic heterocycles. The van der Waals surface area contributed by atoms with Gasteiger partial charge in [0.05, 0.1) is 22.9 Å². The Balaban J connectivity index is 1.61. The minimum Gasteiger partial charge on any atom is -0.390 e.